The highest BCUT2D eigenvalue weighted by molar-refractivity contribution is 5.75. The molecule has 1 saturated heterocycles. The van der Waals surface area contributed by atoms with Gasteiger partial charge in [-0.1, -0.05) is 0 Å². The molecule has 2 N–H and O–H groups in total. The minimum absolute atomic E-state index is 0.153. The Hall–Kier alpha value is -0.820. The summed E-state index contributed by atoms with van der Waals surface area (Å²) in [5.41, 5.74) is -1.22. The van der Waals surface area contributed by atoms with Crippen LogP contribution in [-0.4, -0.2) is 43.6 Å². The van der Waals surface area contributed by atoms with E-state index in [4.69, 9.17) is 5.11 Å². The highest BCUT2D eigenvalue weighted by Crippen LogP contribution is 2.28. The highest BCUT2D eigenvalue weighted by Gasteiger charge is 2.41. The molecule has 0 aromatic rings. The van der Waals surface area contributed by atoms with Crippen molar-refractivity contribution in [2.75, 3.05) is 26.3 Å². The van der Waals surface area contributed by atoms with Gasteiger partial charge in [-0.2, -0.15) is 13.2 Å². The summed E-state index contributed by atoms with van der Waals surface area (Å²) in [7, 11) is 0. The molecule has 1 heterocycles. The van der Waals surface area contributed by atoms with Gasteiger partial charge in [-0.3, -0.25) is 4.79 Å². The molecule has 1 unspecified atom stereocenters. The molecule has 1 fully saturated rings. The van der Waals surface area contributed by atoms with Crippen LogP contribution < -0.4 is 5.32 Å². The molecule has 0 saturated carbocycles. The van der Waals surface area contributed by atoms with Gasteiger partial charge in [-0.15, -0.1) is 0 Å². The summed E-state index contributed by atoms with van der Waals surface area (Å²) in [4.78, 5) is 11.0. The fourth-order valence-corrected chi connectivity index (χ4v) is 1.70. The Labute approximate surface area is 90.8 Å². The minimum atomic E-state index is -4.41. The summed E-state index contributed by atoms with van der Waals surface area (Å²) in [6.45, 7) is -0.967. The van der Waals surface area contributed by atoms with Gasteiger partial charge in [-0.05, 0) is 19.4 Å². The Balaban J connectivity index is 2.48. The minimum Gasteiger partial charge on any atom is -0.481 e. The number of rotatable bonds is 4. The predicted octanol–water partition coefficient (Wildman–Crippen LogP) is 1.02. The second-order valence-electron chi connectivity index (χ2n) is 3.97. The monoisotopic (exact) mass is 241 g/mol. The standard InChI is InChI=1S/C9H14F3NO3/c10-9(11,12)6-16-5-8(7(14)15)2-1-3-13-4-8/h13H,1-6H2,(H,14,15). The predicted molar refractivity (Wildman–Crippen MR) is 49.0 cm³/mol. The van der Waals surface area contributed by atoms with Crippen molar-refractivity contribution in [2.24, 2.45) is 5.41 Å². The molecule has 0 bridgehead atoms. The van der Waals surface area contributed by atoms with Crippen molar-refractivity contribution in [3.05, 3.63) is 0 Å². The summed E-state index contributed by atoms with van der Waals surface area (Å²) in [6.07, 6.45) is -3.45. The third-order valence-corrected chi connectivity index (χ3v) is 2.57. The quantitative estimate of drug-likeness (QED) is 0.771. The van der Waals surface area contributed by atoms with Crippen LogP contribution >= 0.6 is 0 Å². The van der Waals surface area contributed by atoms with Crippen LogP contribution in [0.5, 0.6) is 0 Å². The Kier molecular flexibility index (Phi) is 4.15. The molecule has 1 atom stereocenters. The number of carboxylic acid groups (broad SMARTS) is 1. The Morgan fingerprint density at radius 1 is 1.50 bits per heavy atom. The first-order valence-corrected chi connectivity index (χ1v) is 4.94. The van der Waals surface area contributed by atoms with Crippen LogP contribution in [0.4, 0.5) is 13.2 Å². The van der Waals surface area contributed by atoms with E-state index in [1.54, 1.807) is 0 Å². The fourth-order valence-electron chi connectivity index (χ4n) is 1.70. The van der Waals surface area contributed by atoms with Crippen molar-refractivity contribution in [2.45, 2.75) is 19.0 Å². The number of nitrogens with one attached hydrogen (secondary N) is 1. The second kappa shape index (κ2) is 5.01. The number of carbonyl (C=O) groups is 1. The number of carboxylic acids is 1. The average Bonchev–Trinajstić information content (AvgIpc) is 2.17. The van der Waals surface area contributed by atoms with Crippen molar-refractivity contribution < 1.29 is 27.8 Å². The van der Waals surface area contributed by atoms with Gasteiger partial charge in [0.15, 0.2) is 0 Å². The molecule has 0 aromatic carbocycles. The van der Waals surface area contributed by atoms with Crippen LogP contribution in [0, 0.1) is 5.41 Å². The summed E-state index contributed by atoms with van der Waals surface area (Å²) in [6, 6.07) is 0. The molecule has 0 aromatic heterocycles. The normalized spacial score (nSPS) is 26.7. The van der Waals surface area contributed by atoms with Crippen LogP contribution in [0.15, 0.2) is 0 Å². The zero-order valence-electron chi connectivity index (χ0n) is 8.64. The third kappa shape index (κ3) is 3.64. The fraction of sp³-hybridized carbons (Fsp3) is 0.889. The lowest BCUT2D eigenvalue weighted by Gasteiger charge is -2.33. The Morgan fingerprint density at radius 3 is 2.62 bits per heavy atom. The van der Waals surface area contributed by atoms with E-state index in [0.717, 1.165) is 0 Å². The number of halogens is 3. The number of aliphatic carboxylic acids is 1. The smallest absolute Gasteiger partial charge is 0.411 e. The largest absolute Gasteiger partial charge is 0.481 e. The first-order chi connectivity index (χ1) is 7.36. The van der Waals surface area contributed by atoms with Crippen LogP contribution in [0.1, 0.15) is 12.8 Å². The van der Waals surface area contributed by atoms with Crippen LogP contribution in [0.2, 0.25) is 0 Å². The lowest BCUT2D eigenvalue weighted by Crippen LogP contribution is -2.48. The lowest BCUT2D eigenvalue weighted by atomic mass is 9.81. The zero-order chi connectivity index (χ0) is 12.2. The summed E-state index contributed by atoms with van der Waals surface area (Å²) < 4.78 is 40.0. The maximum absolute atomic E-state index is 11.8. The first-order valence-electron chi connectivity index (χ1n) is 4.94. The Morgan fingerprint density at radius 2 is 2.19 bits per heavy atom. The molecule has 94 valence electrons. The topological polar surface area (TPSA) is 58.6 Å². The molecule has 0 aliphatic carbocycles. The molecule has 7 heteroatoms. The van der Waals surface area contributed by atoms with Crippen molar-refractivity contribution in [1.29, 1.82) is 0 Å². The number of alkyl halides is 3. The van der Waals surface area contributed by atoms with Gasteiger partial charge in [0.05, 0.1) is 6.61 Å². The van der Waals surface area contributed by atoms with E-state index < -0.39 is 30.8 Å². The third-order valence-electron chi connectivity index (χ3n) is 2.57. The SMILES string of the molecule is O=C(O)C1(COCC(F)(F)F)CCCNC1. The van der Waals surface area contributed by atoms with Crippen molar-refractivity contribution >= 4 is 5.97 Å². The highest BCUT2D eigenvalue weighted by atomic mass is 19.4. The van der Waals surface area contributed by atoms with Crippen molar-refractivity contribution in [1.82, 2.24) is 5.32 Å². The van der Waals surface area contributed by atoms with E-state index in [1.165, 1.54) is 0 Å². The molecule has 4 nitrogen and oxygen atoms in total. The van der Waals surface area contributed by atoms with Crippen LogP contribution in [0.25, 0.3) is 0 Å². The number of ether oxygens (including phenoxy) is 1. The number of hydrogen-bond acceptors (Lipinski definition) is 3. The molecule has 0 radical (unpaired) electrons. The van der Waals surface area contributed by atoms with E-state index in [9.17, 15) is 18.0 Å². The van der Waals surface area contributed by atoms with Gasteiger partial charge in [0.2, 0.25) is 0 Å². The molecule has 1 aliphatic rings. The van der Waals surface area contributed by atoms with Crippen LogP contribution in [0.3, 0.4) is 0 Å². The molecule has 0 amide bonds. The van der Waals surface area contributed by atoms with E-state index in [2.05, 4.69) is 10.1 Å². The van der Waals surface area contributed by atoms with Gasteiger partial charge < -0.3 is 15.2 Å². The second-order valence-corrected chi connectivity index (χ2v) is 3.97. The first kappa shape index (κ1) is 13.2. The van der Waals surface area contributed by atoms with Gasteiger partial charge in [0.25, 0.3) is 0 Å². The van der Waals surface area contributed by atoms with Crippen LogP contribution in [-0.2, 0) is 9.53 Å². The van der Waals surface area contributed by atoms with Gasteiger partial charge in [0, 0.05) is 6.54 Å². The average molecular weight is 241 g/mol. The maximum atomic E-state index is 11.8. The summed E-state index contributed by atoms with van der Waals surface area (Å²) >= 11 is 0. The molecule has 0 spiro atoms. The van der Waals surface area contributed by atoms with E-state index in [1.807, 2.05) is 0 Å². The molecule has 16 heavy (non-hydrogen) atoms. The van der Waals surface area contributed by atoms with Gasteiger partial charge in [-0.25, -0.2) is 0 Å². The Bertz CT molecular complexity index is 249. The van der Waals surface area contributed by atoms with E-state index in [0.29, 0.717) is 19.4 Å². The molecular formula is C9H14F3NO3. The molecule has 1 rings (SSSR count). The van der Waals surface area contributed by atoms with Crippen molar-refractivity contribution in [3.63, 3.8) is 0 Å². The van der Waals surface area contributed by atoms with Gasteiger partial charge >= 0.3 is 12.1 Å². The lowest BCUT2D eigenvalue weighted by molar-refractivity contribution is -0.187. The van der Waals surface area contributed by atoms with E-state index >= 15 is 0 Å². The van der Waals surface area contributed by atoms with Crippen molar-refractivity contribution in [3.8, 4) is 0 Å². The molecule has 1 aliphatic heterocycles. The summed E-state index contributed by atoms with van der Waals surface area (Å²) in [5, 5.41) is 11.9. The number of hydrogen-bond donors (Lipinski definition) is 2. The zero-order valence-corrected chi connectivity index (χ0v) is 8.64. The van der Waals surface area contributed by atoms with Gasteiger partial charge in [0.1, 0.15) is 12.0 Å². The maximum Gasteiger partial charge on any atom is 0.411 e. The summed E-state index contributed by atoms with van der Waals surface area (Å²) in [5.74, 6) is -1.11. The molecular weight excluding hydrogens is 227 g/mol. The number of piperidine rings is 1. The van der Waals surface area contributed by atoms with E-state index in [-0.39, 0.29) is 6.54 Å².